The van der Waals surface area contributed by atoms with Crippen molar-refractivity contribution in [2.45, 2.75) is 6.04 Å². The molecule has 1 N–H and O–H groups in total. The normalized spacial score (nSPS) is 11.8. The van der Waals surface area contributed by atoms with E-state index in [0.29, 0.717) is 32.5 Å². The molecule has 0 fully saturated rings. The van der Waals surface area contributed by atoms with E-state index in [4.69, 9.17) is 18.3 Å². The summed E-state index contributed by atoms with van der Waals surface area (Å²) in [4.78, 5) is 0. The van der Waals surface area contributed by atoms with Crippen LogP contribution < -0.4 is 5.19 Å². The summed E-state index contributed by atoms with van der Waals surface area (Å²) < 4.78 is 22.1. The summed E-state index contributed by atoms with van der Waals surface area (Å²) >= 11 is 0. The molecule has 0 aliphatic carbocycles. The quantitative estimate of drug-likeness (QED) is 0.480. The van der Waals surface area contributed by atoms with Crippen LogP contribution in [0.4, 0.5) is 0 Å². The molecule has 0 radical (unpaired) electrons. The molecule has 6 heteroatoms. The van der Waals surface area contributed by atoms with Gasteiger partial charge in [-0.05, 0) is 5.19 Å². The van der Waals surface area contributed by atoms with Crippen molar-refractivity contribution in [2.24, 2.45) is 0 Å². The number of rotatable bonds is 11. The molecule has 0 amide bonds. The van der Waals surface area contributed by atoms with Crippen molar-refractivity contribution in [1.82, 2.24) is 0 Å². The van der Waals surface area contributed by atoms with Gasteiger partial charge in [-0.1, -0.05) is 30.3 Å². The molecule has 20 heavy (non-hydrogen) atoms. The van der Waals surface area contributed by atoms with Crippen molar-refractivity contribution in [2.75, 3.05) is 47.3 Å². The summed E-state index contributed by atoms with van der Waals surface area (Å²) in [6.07, 6.45) is 0. The van der Waals surface area contributed by atoms with Gasteiger partial charge in [-0.25, -0.2) is 0 Å². The van der Waals surface area contributed by atoms with Crippen LogP contribution in [0.2, 0.25) is 6.04 Å². The lowest BCUT2D eigenvalue weighted by atomic mass is 10.4. The molecule has 0 atom stereocenters. The Morgan fingerprint density at radius 2 is 1.45 bits per heavy atom. The largest absolute Gasteiger partial charge is 0.396 e. The maximum atomic E-state index is 9.39. The maximum Gasteiger partial charge on any atom is 0.375 e. The van der Waals surface area contributed by atoms with E-state index in [9.17, 15) is 5.11 Å². The van der Waals surface area contributed by atoms with Crippen LogP contribution in [-0.2, 0) is 18.3 Å². The number of hydrogen-bond donors (Lipinski definition) is 1. The number of aliphatic hydroxyl groups is 1. The van der Waals surface area contributed by atoms with Crippen molar-refractivity contribution in [3.8, 4) is 0 Å². The fourth-order valence-electron chi connectivity index (χ4n) is 1.92. The summed E-state index contributed by atoms with van der Waals surface area (Å²) in [5, 5.41) is 10.4. The van der Waals surface area contributed by atoms with Gasteiger partial charge in [0.1, 0.15) is 0 Å². The van der Waals surface area contributed by atoms with Crippen LogP contribution in [0, 0.1) is 0 Å². The highest BCUT2D eigenvalue weighted by molar-refractivity contribution is 6.81. The summed E-state index contributed by atoms with van der Waals surface area (Å²) in [5.41, 5.74) is 0. The third kappa shape index (κ3) is 5.32. The topological polar surface area (TPSA) is 57.2 Å². The highest BCUT2D eigenvalue weighted by Crippen LogP contribution is 2.14. The minimum atomic E-state index is -2.66. The van der Waals surface area contributed by atoms with Gasteiger partial charge in [-0.2, -0.15) is 0 Å². The lowest BCUT2D eigenvalue weighted by Gasteiger charge is -2.30. The van der Waals surface area contributed by atoms with Crippen LogP contribution in [0.1, 0.15) is 0 Å². The lowest BCUT2D eigenvalue weighted by Crippen LogP contribution is -2.55. The van der Waals surface area contributed by atoms with E-state index in [1.54, 1.807) is 14.2 Å². The first-order valence-electron chi connectivity index (χ1n) is 6.71. The maximum absolute atomic E-state index is 9.39. The summed E-state index contributed by atoms with van der Waals surface area (Å²) in [6, 6.07) is 10.3. The van der Waals surface area contributed by atoms with E-state index in [1.165, 1.54) is 0 Å². The molecular weight excluding hydrogens is 276 g/mol. The van der Waals surface area contributed by atoms with Gasteiger partial charge in [-0.3, -0.25) is 0 Å². The minimum absolute atomic E-state index is 0.0288. The molecule has 0 aliphatic heterocycles. The van der Waals surface area contributed by atoms with Crippen molar-refractivity contribution >= 4 is 13.7 Å². The predicted octanol–water partition coefficient (Wildman–Crippen LogP) is 0.654. The van der Waals surface area contributed by atoms with Crippen LogP contribution in [-0.4, -0.2) is 60.9 Å². The van der Waals surface area contributed by atoms with Gasteiger partial charge >= 0.3 is 8.56 Å². The van der Waals surface area contributed by atoms with E-state index in [-0.39, 0.29) is 6.61 Å². The zero-order valence-corrected chi connectivity index (χ0v) is 13.2. The monoisotopic (exact) mass is 300 g/mol. The minimum Gasteiger partial charge on any atom is -0.396 e. The molecule has 0 aromatic heterocycles. The first-order chi connectivity index (χ1) is 9.79. The molecular formula is C14H24O5Si. The number of benzene rings is 1. The van der Waals surface area contributed by atoms with Crippen molar-refractivity contribution in [1.29, 1.82) is 0 Å². The van der Waals surface area contributed by atoms with Gasteiger partial charge in [0.2, 0.25) is 0 Å². The van der Waals surface area contributed by atoms with Gasteiger partial charge < -0.3 is 23.4 Å². The second-order valence-corrected chi connectivity index (χ2v) is 7.44. The Kier molecular flexibility index (Phi) is 8.67. The molecule has 0 heterocycles. The molecule has 0 unspecified atom stereocenters. The van der Waals surface area contributed by atoms with Crippen LogP contribution in [0.5, 0.6) is 0 Å². The van der Waals surface area contributed by atoms with Gasteiger partial charge in [-0.15, -0.1) is 0 Å². The average molecular weight is 300 g/mol. The van der Waals surface area contributed by atoms with Crippen LogP contribution in [0.25, 0.3) is 0 Å². The summed E-state index contributed by atoms with van der Waals surface area (Å²) in [5.74, 6) is 0. The molecule has 1 aromatic rings. The Hall–Kier alpha value is -0.763. The second-order valence-electron chi connectivity index (χ2n) is 4.28. The van der Waals surface area contributed by atoms with E-state index < -0.39 is 8.56 Å². The number of methoxy groups -OCH3 is 2. The first kappa shape index (κ1) is 17.3. The van der Waals surface area contributed by atoms with E-state index in [0.717, 1.165) is 5.19 Å². The number of aliphatic hydroxyl groups excluding tert-OH is 1. The van der Waals surface area contributed by atoms with E-state index >= 15 is 0 Å². The van der Waals surface area contributed by atoms with Crippen LogP contribution >= 0.6 is 0 Å². The molecule has 0 saturated heterocycles. The van der Waals surface area contributed by atoms with Gasteiger partial charge in [0.05, 0.1) is 26.4 Å². The van der Waals surface area contributed by atoms with Crippen LogP contribution in [0.15, 0.2) is 30.3 Å². The highest BCUT2D eigenvalue weighted by atomic mass is 28.4. The standard InChI is InChI=1S/C14H24O5Si/c1-16-9-11-18-20(13-8-15,19-12-10-17-2)14-6-4-3-5-7-14/h3-7,15H,8-13H2,1-2H3. The zero-order chi connectivity index (χ0) is 14.7. The number of hydrogen-bond acceptors (Lipinski definition) is 5. The molecule has 114 valence electrons. The first-order valence-corrected chi connectivity index (χ1v) is 8.73. The lowest BCUT2D eigenvalue weighted by molar-refractivity contribution is 0.0894. The van der Waals surface area contributed by atoms with Crippen molar-refractivity contribution < 1.29 is 23.4 Å². The Balaban J connectivity index is 2.86. The summed E-state index contributed by atoms with van der Waals surface area (Å²) in [6.45, 7) is 1.93. The number of ether oxygens (including phenoxy) is 2. The van der Waals surface area contributed by atoms with Crippen molar-refractivity contribution in [3.05, 3.63) is 30.3 Å². The Morgan fingerprint density at radius 1 is 0.900 bits per heavy atom. The average Bonchev–Trinajstić information content (AvgIpc) is 2.48. The van der Waals surface area contributed by atoms with Crippen LogP contribution in [0.3, 0.4) is 0 Å². The molecule has 0 spiro atoms. The fourth-order valence-corrected chi connectivity index (χ4v) is 4.73. The fraction of sp³-hybridized carbons (Fsp3) is 0.571. The smallest absolute Gasteiger partial charge is 0.375 e. The Bertz CT molecular complexity index is 337. The van der Waals surface area contributed by atoms with Gasteiger partial charge in [0, 0.05) is 26.9 Å². The Labute approximate surface area is 121 Å². The van der Waals surface area contributed by atoms with Gasteiger partial charge in [0.25, 0.3) is 0 Å². The molecule has 5 nitrogen and oxygen atoms in total. The Morgan fingerprint density at radius 3 is 1.90 bits per heavy atom. The second kappa shape index (κ2) is 10.0. The highest BCUT2D eigenvalue weighted by Gasteiger charge is 2.39. The third-order valence-electron chi connectivity index (χ3n) is 2.90. The zero-order valence-electron chi connectivity index (χ0n) is 12.2. The molecule has 0 bridgehead atoms. The predicted molar refractivity (Wildman–Crippen MR) is 79.4 cm³/mol. The van der Waals surface area contributed by atoms with E-state index in [1.807, 2.05) is 30.3 Å². The molecule has 0 aliphatic rings. The SMILES string of the molecule is COCCO[Si](CCO)(OCCOC)c1ccccc1. The van der Waals surface area contributed by atoms with E-state index in [2.05, 4.69) is 0 Å². The van der Waals surface area contributed by atoms with Gasteiger partial charge in [0.15, 0.2) is 0 Å². The molecule has 0 saturated carbocycles. The molecule has 1 rings (SSSR count). The molecule has 1 aromatic carbocycles. The third-order valence-corrected chi connectivity index (χ3v) is 6.34. The van der Waals surface area contributed by atoms with Crippen molar-refractivity contribution in [3.63, 3.8) is 0 Å². The summed E-state index contributed by atoms with van der Waals surface area (Å²) in [7, 11) is 0.608.